The first-order chi connectivity index (χ1) is 2.91. The van der Waals surface area contributed by atoms with Crippen molar-refractivity contribution in [2.45, 2.75) is 0 Å². The molecular formula is C3H8N2O. The van der Waals surface area contributed by atoms with Gasteiger partial charge in [-0.1, -0.05) is 5.16 Å². The number of hydrogen-bond donors (Lipinski definition) is 1. The molecule has 0 fully saturated rings. The summed E-state index contributed by atoms with van der Waals surface area (Å²) in [5.41, 5.74) is 4.99. The van der Waals surface area contributed by atoms with Crippen LogP contribution < -0.4 is 5.73 Å². The summed E-state index contributed by atoms with van der Waals surface area (Å²) in [6, 6.07) is 0. The molecule has 0 radical (unpaired) electrons. The van der Waals surface area contributed by atoms with Gasteiger partial charge in [0.15, 0.2) is 0 Å². The number of oxime groups is 1. The molecular weight excluding hydrogens is 80.0 g/mol. The van der Waals surface area contributed by atoms with Gasteiger partial charge in [0, 0.05) is 6.54 Å². The number of hydrogen-bond acceptors (Lipinski definition) is 3. The summed E-state index contributed by atoms with van der Waals surface area (Å²) in [4.78, 5) is 4.27. The second-order valence-corrected chi connectivity index (χ2v) is 0.706. The lowest BCUT2D eigenvalue weighted by Crippen LogP contribution is -1.98. The summed E-state index contributed by atoms with van der Waals surface area (Å²) < 4.78 is 0. The normalized spacial score (nSPS) is 9.67. The first kappa shape index (κ1) is 5.43. The van der Waals surface area contributed by atoms with Gasteiger partial charge >= 0.3 is 0 Å². The smallest absolute Gasteiger partial charge is 0.106 e. The zero-order valence-corrected chi connectivity index (χ0v) is 3.72. The molecule has 0 amide bonds. The van der Waals surface area contributed by atoms with Gasteiger partial charge in [0.1, 0.15) is 7.11 Å². The first-order valence-corrected chi connectivity index (χ1v) is 1.67. The maximum Gasteiger partial charge on any atom is 0.106 e. The van der Waals surface area contributed by atoms with Crippen LogP contribution in [0.5, 0.6) is 0 Å². The van der Waals surface area contributed by atoms with E-state index in [0.717, 1.165) is 0 Å². The molecule has 6 heavy (non-hydrogen) atoms. The Balaban J connectivity index is 2.73. The van der Waals surface area contributed by atoms with E-state index in [0.29, 0.717) is 6.54 Å². The van der Waals surface area contributed by atoms with E-state index in [9.17, 15) is 0 Å². The Labute approximate surface area is 36.8 Å². The molecule has 3 nitrogen and oxygen atoms in total. The van der Waals surface area contributed by atoms with Gasteiger partial charge in [0.2, 0.25) is 0 Å². The molecule has 0 unspecified atom stereocenters. The minimum atomic E-state index is 0.438. The third kappa shape index (κ3) is 3.43. The van der Waals surface area contributed by atoms with Crippen LogP contribution in [0.3, 0.4) is 0 Å². The summed E-state index contributed by atoms with van der Waals surface area (Å²) in [5.74, 6) is 0. The van der Waals surface area contributed by atoms with Crippen LogP contribution in [0.1, 0.15) is 0 Å². The predicted molar refractivity (Wildman–Crippen MR) is 24.6 cm³/mol. The second kappa shape index (κ2) is 4.43. The molecule has 0 aliphatic carbocycles. The van der Waals surface area contributed by atoms with E-state index < -0.39 is 0 Å². The molecule has 0 rings (SSSR count). The monoisotopic (exact) mass is 88.1 g/mol. The molecule has 2 N–H and O–H groups in total. The highest BCUT2D eigenvalue weighted by Gasteiger charge is 1.58. The van der Waals surface area contributed by atoms with E-state index in [1.54, 1.807) is 0 Å². The second-order valence-electron chi connectivity index (χ2n) is 0.706. The Morgan fingerprint density at radius 1 is 2.00 bits per heavy atom. The van der Waals surface area contributed by atoms with Crippen molar-refractivity contribution in [2.75, 3.05) is 13.7 Å². The van der Waals surface area contributed by atoms with Gasteiger partial charge in [-0.3, -0.25) is 0 Å². The maximum absolute atomic E-state index is 4.99. The Hall–Kier alpha value is -0.570. The van der Waals surface area contributed by atoms with Crippen molar-refractivity contribution in [3.05, 3.63) is 0 Å². The average molecular weight is 88.1 g/mol. The zero-order valence-electron chi connectivity index (χ0n) is 3.72. The van der Waals surface area contributed by atoms with Crippen molar-refractivity contribution in [1.29, 1.82) is 0 Å². The van der Waals surface area contributed by atoms with Crippen LogP contribution in [0.2, 0.25) is 0 Å². The Morgan fingerprint density at radius 3 is 2.83 bits per heavy atom. The van der Waals surface area contributed by atoms with Gasteiger partial charge < -0.3 is 10.6 Å². The van der Waals surface area contributed by atoms with E-state index in [2.05, 4.69) is 9.99 Å². The summed E-state index contributed by atoms with van der Waals surface area (Å²) >= 11 is 0. The molecule has 0 spiro atoms. The van der Waals surface area contributed by atoms with Gasteiger partial charge in [-0.25, -0.2) is 0 Å². The fourth-order valence-corrected chi connectivity index (χ4v) is 0.118. The predicted octanol–water partition coefficient (Wildman–Crippen LogP) is -0.423. The first-order valence-electron chi connectivity index (χ1n) is 1.67. The van der Waals surface area contributed by atoms with Crippen LogP contribution in [0.25, 0.3) is 0 Å². The van der Waals surface area contributed by atoms with Gasteiger partial charge in [-0.15, -0.1) is 0 Å². The minimum Gasteiger partial charge on any atom is -0.399 e. The zero-order chi connectivity index (χ0) is 4.83. The molecule has 0 bridgehead atoms. The maximum atomic E-state index is 4.99. The van der Waals surface area contributed by atoms with Crippen molar-refractivity contribution in [2.24, 2.45) is 10.9 Å². The highest BCUT2D eigenvalue weighted by molar-refractivity contribution is 5.58. The molecule has 0 saturated heterocycles. The largest absolute Gasteiger partial charge is 0.399 e. The van der Waals surface area contributed by atoms with Gasteiger partial charge in [0.05, 0.1) is 6.21 Å². The van der Waals surface area contributed by atoms with Crippen LogP contribution in [-0.2, 0) is 4.84 Å². The lowest BCUT2D eigenvalue weighted by Gasteiger charge is -1.78. The standard InChI is InChI=1S/C3H8N2O/c1-6-5-3-2-4/h3H,2,4H2,1H3/b5-3+. The Kier molecular flexibility index (Phi) is 4.01. The minimum absolute atomic E-state index is 0.438. The molecule has 3 heteroatoms. The lowest BCUT2D eigenvalue weighted by atomic mass is 10.8. The van der Waals surface area contributed by atoms with Crippen molar-refractivity contribution in [1.82, 2.24) is 0 Å². The van der Waals surface area contributed by atoms with Crippen LogP contribution >= 0.6 is 0 Å². The molecule has 36 valence electrons. The van der Waals surface area contributed by atoms with Crippen molar-refractivity contribution in [3.8, 4) is 0 Å². The molecule has 0 saturated carbocycles. The Bertz CT molecular complexity index is 38.1. The molecule has 0 aliphatic rings. The van der Waals surface area contributed by atoms with E-state index in [1.165, 1.54) is 13.3 Å². The van der Waals surface area contributed by atoms with Crippen LogP contribution in [0, 0.1) is 0 Å². The number of nitrogens with zero attached hydrogens (tertiary/aromatic N) is 1. The molecule has 0 aromatic rings. The highest BCUT2D eigenvalue weighted by Crippen LogP contribution is 1.57. The summed E-state index contributed by atoms with van der Waals surface area (Å²) in [5, 5.41) is 3.34. The molecule has 0 heterocycles. The van der Waals surface area contributed by atoms with Gasteiger partial charge in [-0.2, -0.15) is 0 Å². The van der Waals surface area contributed by atoms with E-state index >= 15 is 0 Å². The third-order valence-electron chi connectivity index (χ3n) is 0.285. The highest BCUT2D eigenvalue weighted by atomic mass is 16.6. The van der Waals surface area contributed by atoms with Crippen LogP contribution in [0.4, 0.5) is 0 Å². The molecule has 0 aromatic carbocycles. The fourth-order valence-electron chi connectivity index (χ4n) is 0.118. The average Bonchev–Trinajstić information content (AvgIpc) is 1.61. The van der Waals surface area contributed by atoms with Gasteiger partial charge in [0.25, 0.3) is 0 Å². The molecule has 0 aliphatic heterocycles. The SMILES string of the molecule is CO/N=C/CN. The number of rotatable bonds is 2. The van der Waals surface area contributed by atoms with E-state index in [1.807, 2.05) is 0 Å². The molecule has 0 aromatic heterocycles. The summed E-state index contributed by atoms with van der Waals surface area (Å²) in [6.45, 7) is 0.438. The van der Waals surface area contributed by atoms with Crippen LogP contribution in [-0.4, -0.2) is 19.9 Å². The van der Waals surface area contributed by atoms with E-state index in [4.69, 9.17) is 5.73 Å². The third-order valence-corrected chi connectivity index (χ3v) is 0.285. The van der Waals surface area contributed by atoms with Crippen molar-refractivity contribution < 1.29 is 4.84 Å². The number of nitrogens with two attached hydrogens (primary N) is 1. The molecule has 0 atom stereocenters. The quantitative estimate of drug-likeness (QED) is 0.368. The van der Waals surface area contributed by atoms with Crippen LogP contribution in [0.15, 0.2) is 5.16 Å². The van der Waals surface area contributed by atoms with E-state index in [-0.39, 0.29) is 0 Å². The summed E-state index contributed by atoms with van der Waals surface area (Å²) in [6.07, 6.45) is 1.49. The fraction of sp³-hybridized carbons (Fsp3) is 0.667. The Morgan fingerprint density at radius 2 is 2.67 bits per heavy atom. The topological polar surface area (TPSA) is 47.6 Å². The van der Waals surface area contributed by atoms with Gasteiger partial charge in [-0.05, 0) is 0 Å². The summed E-state index contributed by atoms with van der Waals surface area (Å²) in [7, 11) is 1.48. The lowest BCUT2D eigenvalue weighted by molar-refractivity contribution is 0.215. The van der Waals surface area contributed by atoms with Crippen molar-refractivity contribution >= 4 is 6.21 Å². The van der Waals surface area contributed by atoms with Crippen molar-refractivity contribution in [3.63, 3.8) is 0 Å².